The zero-order chi connectivity index (χ0) is 14.9. The zero-order valence-electron chi connectivity index (χ0n) is 12.2. The number of amides is 1. The second-order valence-electron chi connectivity index (χ2n) is 5.73. The molecule has 1 aliphatic rings. The zero-order valence-corrected chi connectivity index (χ0v) is 13.0. The lowest BCUT2D eigenvalue weighted by molar-refractivity contribution is 0.0222. The minimum Gasteiger partial charge on any atom is -0.444 e. The lowest BCUT2D eigenvalue weighted by atomic mass is 10.1. The first-order chi connectivity index (χ1) is 9.26. The van der Waals surface area contributed by atoms with Gasteiger partial charge in [0, 0.05) is 31.0 Å². The average molecular weight is 297 g/mol. The number of aromatic nitrogens is 2. The van der Waals surface area contributed by atoms with Crippen LogP contribution in [0.2, 0.25) is 0 Å². The summed E-state index contributed by atoms with van der Waals surface area (Å²) >= 11 is 0. The van der Waals surface area contributed by atoms with Crippen LogP contribution in [-0.2, 0) is 28.5 Å². The van der Waals surface area contributed by atoms with Crippen molar-refractivity contribution in [3.8, 4) is 0 Å². The number of ether oxygens (including phenoxy) is 1. The van der Waals surface area contributed by atoms with E-state index in [1.807, 2.05) is 20.8 Å². The van der Waals surface area contributed by atoms with E-state index in [1.165, 1.54) is 0 Å². The topological polar surface area (TPSA) is 72.4 Å². The Balaban J connectivity index is 2.12. The van der Waals surface area contributed by atoms with Gasteiger partial charge in [0.2, 0.25) is 5.16 Å². The number of fused-ring (bicyclic) bond motifs is 1. The Morgan fingerprint density at radius 3 is 2.75 bits per heavy atom. The normalized spacial score (nSPS) is 16.5. The Morgan fingerprint density at radius 1 is 1.45 bits per heavy atom. The van der Waals surface area contributed by atoms with Crippen molar-refractivity contribution in [3.63, 3.8) is 0 Å². The summed E-state index contributed by atoms with van der Waals surface area (Å²) in [6.45, 7) is 6.51. The molecular formula is C13H19N3O3S. The van der Waals surface area contributed by atoms with Crippen LogP contribution in [0.25, 0.3) is 0 Å². The van der Waals surface area contributed by atoms with Crippen LogP contribution in [0.5, 0.6) is 0 Å². The Labute approximate surface area is 121 Å². The molecule has 1 aromatic heterocycles. The molecule has 0 radical (unpaired) electrons. The highest BCUT2D eigenvalue weighted by molar-refractivity contribution is 7.84. The van der Waals surface area contributed by atoms with E-state index in [0.29, 0.717) is 24.7 Å². The Hall–Kier alpha value is -1.50. The fraction of sp³-hybridized carbons (Fsp3) is 0.615. The van der Waals surface area contributed by atoms with Crippen molar-refractivity contribution in [1.29, 1.82) is 0 Å². The number of carbonyl (C=O) groups is 1. The minimum absolute atomic E-state index is 0.328. The summed E-state index contributed by atoms with van der Waals surface area (Å²) < 4.78 is 16.7. The highest BCUT2D eigenvalue weighted by Crippen LogP contribution is 2.19. The molecule has 0 bridgehead atoms. The monoisotopic (exact) mass is 297 g/mol. The van der Waals surface area contributed by atoms with Crippen molar-refractivity contribution >= 4 is 16.9 Å². The average Bonchev–Trinajstić information content (AvgIpc) is 2.35. The van der Waals surface area contributed by atoms with Crippen molar-refractivity contribution in [3.05, 3.63) is 17.5 Å². The van der Waals surface area contributed by atoms with Crippen molar-refractivity contribution in [2.24, 2.45) is 0 Å². The van der Waals surface area contributed by atoms with Gasteiger partial charge < -0.3 is 9.64 Å². The first-order valence-corrected chi connectivity index (χ1v) is 7.98. The molecular weight excluding hydrogens is 278 g/mol. The number of hydrogen-bond acceptors (Lipinski definition) is 5. The molecule has 0 aromatic carbocycles. The molecule has 1 amide bonds. The molecule has 1 aromatic rings. The molecule has 20 heavy (non-hydrogen) atoms. The number of nitrogens with zero attached hydrogens (tertiary/aromatic N) is 3. The van der Waals surface area contributed by atoms with Gasteiger partial charge in [-0.2, -0.15) is 0 Å². The molecule has 2 heterocycles. The van der Waals surface area contributed by atoms with E-state index < -0.39 is 16.4 Å². The van der Waals surface area contributed by atoms with E-state index in [9.17, 15) is 9.00 Å². The maximum atomic E-state index is 12.0. The SMILES string of the molecule is C[S@@](=O)c1ncc2c(n1)CCN(C(=O)OC(C)(C)C)C2. The number of hydrogen-bond donors (Lipinski definition) is 0. The molecule has 0 fully saturated rings. The van der Waals surface area contributed by atoms with Crippen LogP contribution in [0.3, 0.4) is 0 Å². The van der Waals surface area contributed by atoms with Crippen LogP contribution < -0.4 is 0 Å². The van der Waals surface area contributed by atoms with Gasteiger partial charge in [0.1, 0.15) is 5.60 Å². The summed E-state index contributed by atoms with van der Waals surface area (Å²) in [5.41, 5.74) is 1.25. The van der Waals surface area contributed by atoms with Gasteiger partial charge in [-0.3, -0.25) is 4.21 Å². The van der Waals surface area contributed by atoms with Crippen molar-refractivity contribution in [2.45, 2.75) is 44.5 Å². The van der Waals surface area contributed by atoms with E-state index >= 15 is 0 Å². The fourth-order valence-corrected chi connectivity index (χ4v) is 2.36. The highest BCUT2D eigenvalue weighted by Gasteiger charge is 2.26. The van der Waals surface area contributed by atoms with Gasteiger partial charge in [0.05, 0.1) is 23.0 Å². The number of rotatable bonds is 1. The Kier molecular flexibility index (Phi) is 4.08. The van der Waals surface area contributed by atoms with E-state index in [-0.39, 0.29) is 6.09 Å². The van der Waals surface area contributed by atoms with E-state index in [2.05, 4.69) is 9.97 Å². The summed E-state index contributed by atoms with van der Waals surface area (Å²) in [4.78, 5) is 22.0. The molecule has 0 saturated heterocycles. The fourth-order valence-electron chi connectivity index (χ4n) is 1.92. The van der Waals surface area contributed by atoms with Crippen molar-refractivity contribution in [1.82, 2.24) is 14.9 Å². The third-order valence-corrected chi connectivity index (χ3v) is 3.53. The minimum atomic E-state index is -1.19. The van der Waals surface area contributed by atoms with Crippen molar-refractivity contribution in [2.75, 3.05) is 12.8 Å². The molecule has 2 rings (SSSR count). The lowest BCUT2D eigenvalue weighted by Crippen LogP contribution is -2.40. The lowest BCUT2D eigenvalue weighted by Gasteiger charge is -2.30. The van der Waals surface area contributed by atoms with Gasteiger partial charge >= 0.3 is 6.09 Å². The largest absolute Gasteiger partial charge is 0.444 e. The second-order valence-corrected chi connectivity index (χ2v) is 7.00. The molecule has 0 spiro atoms. The third-order valence-electron chi connectivity index (χ3n) is 2.82. The van der Waals surface area contributed by atoms with Crippen LogP contribution >= 0.6 is 0 Å². The van der Waals surface area contributed by atoms with Gasteiger partial charge in [-0.1, -0.05) is 0 Å². The van der Waals surface area contributed by atoms with Crippen LogP contribution in [0, 0.1) is 0 Å². The van der Waals surface area contributed by atoms with Crippen molar-refractivity contribution < 1.29 is 13.7 Å². The van der Waals surface area contributed by atoms with Crippen LogP contribution in [0.15, 0.2) is 11.4 Å². The van der Waals surface area contributed by atoms with Crippen LogP contribution in [0.4, 0.5) is 4.79 Å². The Bertz CT molecular complexity index is 554. The Morgan fingerprint density at radius 2 is 2.15 bits per heavy atom. The second kappa shape index (κ2) is 5.47. The summed E-state index contributed by atoms with van der Waals surface area (Å²) in [7, 11) is -1.19. The molecule has 7 heteroatoms. The molecule has 0 aliphatic carbocycles. The first kappa shape index (κ1) is 14.9. The van der Waals surface area contributed by atoms with E-state index in [4.69, 9.17) is 4.74 Å². The molecule has 0 N–H and O–H groups in total. The highest BCUT2D eigenvalue weighted by atomic mass is 32.2. The van der Waals surface area contributed by atoms with Gasteiger partial charge in [-0.25, -0.2) is 14.8 Å². The first-order valence-electron chi connectivity index (χ1n) is 6.42. The van der Waals surface area contributed by atoms with Gasteiger partial charge in [-0.05, 0) is 20.8 Å². The van der Waals surface area contributed by atoms with Gasteiger partial charge in [0.15, 0.2) is 0 Å². The van der Waals surface area contributed by atoms with E-state index in [1.54, 1.807) is 17.4 Å². The van der Waals surface area contributed by atoms with Crippen LogP contribution in [0.1, 0.15) is 32.0 Å². The molecule has 1 aliphatic heterocycles. The van der Waals surface area contributed by atoms with Gasteiger partial charge in [-0.15, -0.1) is 0 Å². The smallest absolute Gasteiger partial charge is 0.410 e. The molecule has 0 unspecified atom stereocenters. The summed E-state index contributed by atoms with van der Waals surface area (Å²) in [5.74, 6) is 0. The summed E-state index contributed by atoms with van der Waals surface area (Å²) in [6, 6.07) is 0. The predicted octanol–water partition coefficient (Wildman–Crippen LogP) is 1.51. The summed E-state index contributed by atoms with van der Waals surface area (Å²) in [5, 5.41) is 0.342. The predicted molar refractivity (Wildman–Crippen MR) is 74.7 cm³/mol. The standard InChI is InChI=1S/C13H19N3O3S/c1-13(2,3)19-12(17)16-6-5-10-9(8-16)7-14-11(15-10)20(4)18/h7H,5-6,8H2,1-4H3/t20-/m1/s1. The van der Waals surface area contributed by atoms with E-state index in [0.717, 1.165) is 11.3 Å². The van der Waals surface area contributed by atoms with Crippen LogP contribution in [-0.4, -0.2) is 43.6 Å². The molecule has 6 nitrogen and oxygen atoms in total. The van der Waals surface area contributed by atoms with Gasteiger partial charge in [0.25, 0.3) is 0 Å². The quantitative estimate of drug-likeness (QED) is 0.735. The third kappa shape index (κ3) is 3.53. The maximum absolute atomic E-state index is 12.0. The maximum Gasteiger partial charge on any atom is 0.410 e. The molecule has 110 valence electrons. The molecule has 1 atom stereocenters. The number of carbonyl (C=O) groups excluding carboxylic acids is 1. The summed E-state index contributed by atoms with van der Waals surface area (Å²) in [6.07, 6.45) is 3.50. The molecule has 0 saturated carbocycles.